The number of carbonyl (C=O) groups excluding carboxylic acids is 6. The zero-order valence-corrected chi connectivity index (χ0v) is 27.0. The SMILES string of the molecule is COc1cc(/C=C/C(=O)CC(=O)/C=C/c2ccc(OC(=O)c3ccccc3OC(C)=O)c(OC(=O)c3ccccc3OC(C)=O)c2)ccc1O. The summed E-state index contributed by atoms with van der Waals surface area (Å²) >= 11 is 0. The molecule has 1 N–H and O–H groups in total. The van der Waals surface area contributed by atoms with Gasteiger partial charge in [-0.2, -0.15) is 0 Å². The molecule has 0 spiro atoms. The molecule has 0 aliphatic heterocycles. The van der Waals surface area contributed by atoms with Gasteiger partial charge >= 0.3 is 23.9 Å². The van der Waals surface area contributed by atoms with Crippen LogP contribution in [0.1, 0.15) is 52.1 Å². The Morgan fingerprint density at radius 3 is 1.52 bits per heavy atom. The topological polar surface area (TPSA) is 169 Å². The lowest BCUT2D eigenvalue weighted by Crippen LogP contribution is -2.15. The van der Waals surface area contributed by atoms with Crippen LogP contribution < -0.4 is 23.7 Å². The zero-order chi connectivity index (χ0) is 36.2. The van der Waals surface area contributed by atoms with Gasteiger partial charge in [0.15, 0.2) is 34.6 Å². The molecular formula is C38H30O12. The lowest BCUT2D eigenvalue weighted by Gasteiger charge is -2.14. The third-order valence-electron chi connectivity index (χ3n) is 6.57. The van der Waals surface area contributed by atoms with Gasteiger partial charge in [-0.05, 0) is 71.8 Å². The Hall–Kier alpha value is -6.82. The first-order chi connectivity index (χ1) is 23.9. The van der Waals surface area contributed by atoms with Gasteiger partial charge in [0.2, 0.25) is 0 Å². The number of rotatable bonds is 13. The van der Waals surface area contributed by atoms with Crippen molar-refractivity contribution in [2.75, 3.05) is 7.11 Å². The molecule has 0 radical (unpaired) electrons. The van der Waals surface area contributed by atoms with Crippen molar-refractivity contribution in [1.29, 1.82) is 0 Å². The number of para-hydroxylation sites is 2. The molecule has 0 aromatic heterocycles. The predicted molar refractivity (Wildman–Crippen MR) is 179 cm³/mol. The molecule has 0 saturated heterocycles. The average Bonchev–Trinajstić information content (AvgIpc) is 3.07. The van der Waals surface area contributed by atoms with Crippen LogP contribution >= 0.6 is 0 Å². The van der Waals surface area contributed by atoms with Crippen molar-refractivity contribution in [2.24, 2.45) is 0 Å². The third-order valence-corrected chi connectivity index (χ3v) is 6.57. The van der Waals surface area contributed by atoms with Crippen molar-refractivity contribution in [3.63, 3.8) is 0 Å². The molecule has 0 heterocycles. The summed E-state index contributed by atoms with van der Waals surface area (Å²) in [6.45, 7) is 2.34. The van der Waals surface area contributed by atoms with E-state index in [1.165, 1.54) is 106 Å². The molecule has 4 rings (SSSR count). The van der Waals surface area contributed by atoms with Crippen molar-refractivity contribution < 1.29 is 57.6 Å². The van der Waals surface area contributed by atoms with Crippen LogP contribution in [0.4, 0.5) is 0 Å². The van der Waals surface area contributed by atoms with Crippen LogP contribution in [0.2, 0.25) is 0 Å². The summed E-state index contributed by atoms with van der Waals surface area (Å²) < 4.78 is 26.4. The summed E-state index contributed by atoms with van der Waals surface area (Å²) in [5.74, 6) is -4.64. The first-order valence-electron chi connectivity index (χ1n) is 14.9. The molecule has 0 atom stereocenters. The second kappa shape index (κ2) is 16.8. The molecule has 4 aromatic rings. The van der Waals surface area contributed by atoms with Crippen LogP contribution in [-0.2, 0) is 19.2 Å². The molecule has 0 bridgehead atoms. The number of methoxy groups -OCH3 is 1. The largest absolute Gasteiger partial charge is 0.504 e. The maximum absolute atomic E-state index is 13.3. The van der Waals surface area contributed by atoms with Crippen molar-refractivity contribution in [3.05, 3.63) is 119 Å². The number of phenolic OH excluding ortho intramolecular Hbond substituents is 1. The average molecular weight is 679 g/mol. The van der Waals surface area contributed by atoms with Crippen LogP contribution in [0.15, 0.2) is 97.1 Å². The van der Waals surface area contributed by atoms with Gasteiger partial charge in [-0.25, -0.2) is 9.59 Å². The van der Waals surface area contributed by atoms with E-state index >= 15 is 0 Å². The van der Waals surface area contributed by atoms with E-state index in [-0.39, 0.29) is 45.6 Å². The Labute approximate surface area is 286 Å². The van der Waals surface area contributed by atoms with E-state index in [1.54, 1.807) is 18.2 Å². The minimum absolute atomic E-state index is 0.0518. The van der Waals surface area contributed by atoms with Crippen molar-refractivity contribution in [1.82, 2.24) is 0 Å². The number of ether oxygens (including phenoxy) is 5. The second-order valence-corrected chi connectivity index (χ2v) is 10.4. The Bertz CT molecular complexity index is 2020. The second-order valence-electron chi connectivity index (χ2n) is 10.4. The zero-order valence-electron chi connectivity index (χ0n) is 27.0. The number of aromatic hydroxyl groups is 1. The van der Waals surface area contributed by atoms with E-state index in [2.05, 4.69) is 0 Å². The van der Waals surface area contributed by atoms with Gasteiger partial charge in [-0.3, -0.25) is 19.2 Å². The maximum atomic E-state index is 13.3. The van der Waals surface area contributed by atoms with Gasteiger partial charge in [0.1, 0.15) is 22.6 Å². The van der Waals surface area contributed by atoms with Gasteiger partial charge in [0, 0.05) is 13.8 Å². The number of phenols is 1. The van der Waals surface area contributed by atoms with Gasteiger partial charge in [-0.1, -0.05) is 48.6 Å². The highest BCUT2D eigenvalue weighted by Gasteiger charge is 2.22. The molecule has 0 unspecified atom stereocenters. The minimum Gasteiger partial charge on any atom is -0.504 e. The molecule has 50 heavy (non-hydrogen) atoms. The highest BCUT2D eigenvalue weighted by Crippen LogP contribution is 2.33. The van der Waals surface area contributed by atoms with Crippen LogP contribution in [-0.4, -0.2) is 47.7 Å². The normalized spacial score (nSPS) is 10.8. The number of allylic oxidation sites excluding steroid dienone is 2. The number of hydrogen-bond donors (Lipinski definition) is 1. The number of esters is 4. The van der Waals surface area contributed by atoms with Crippen LogP contribution in [0.5, 0.6) is 34.5 Å². The molecule has 0 amide bonds. The number of ketones is 2. The first kappa shape index (κ1) is 36.0. The molecule has 12 nitrogen and oxygen atoms in total. The summed E-state index contributed by atoms with van der Waals surface area (Å²) in [5.41, 5.74) is 0.713. The molecule has 0 fully saturated rings. The van der Waals surface area contributed by atoms with Gasteiger partial charge in [-0.15, -0.1) is 0 Å². The van der Waals surface area contributed by atoms with Gasteiger partial charge in [0.25, 0.3) is 0 Å². The molecule has 0 aliphatic rings. The van der Waals surface area contributed by atoms with Crippen LogP contribution in [0.3, 0.4) is 0 Å². The van der Waals surface area contributed by atoms with E-state index in [0.717, 1.165) is 6.08 Å². The van der Waals surface area contributed by atoms with Crippen molar-refractivity contribution in [3.8, 4) is 34.5 Å². The highest BCUT2D eigenvalue weighted by molar-refractivity contribution is 6.11. The highest BCUT2D eigenvalue weighted by atomic mass is 16.6. The minimum atomic E-state index is -0.958. The van der Waals surface area contributed by atoms with E-state index in [0.29, 0.717) is 11.1 Å². The van der Waals surface area contributed by atoms with Crippen molar-refractivity contribution in [2.45, 2.75) is 20.3 Å². The smallest absolute Gasteiger partial charge is 0.347 e. The number of hydrogen-bond acceptors (Lipinski definition) is 12. The van der Waals surface area contributed by atoms with E-state index < -0.39 is 41.9 Å². The fourth-order valence-electron chi connectivity index (χ4n) is 4.33. The van der Waals surface area contributed by atoms with Crippen LogP contribution in [0.25, 0.3) is 12.2 Å². The molecule has 4 aromatic carbocycles. The lowest BCUT2D eigenvalue weighted by molar-refractivity contribution is -0.132. The summed E-state index contributed by atoms with van der Waals surface area (Å²) in [6, 6.07) is 20.3. The lowest BCUT2D eigenvalue weighted by atomic mass is 10.1. The Balaban J connectivity index is 1.57. The van der Waals surface area contributed by atoms with E-state index in [9.17, 15) is 33.9 Å². The first-order valence-corrected chi connectivity index (χ1v) is 14.9. The van der Waals surface area contributed by atoms with Gasteiger partial charge < -0.3 is 28.8 Å². The summed E-state index contributed by atoms with van der Waals surface area (Å²) in [6.07, 6.45) is 4.79. The maximum Gasteiger partial charge on any atom is 0.347 e. The summed E-state index contributed by atoms with van der Waals surface area (Å²) in [5, 5.41) is 9.73. The van der Waals surface area contributed by atoms with Crippen LogP contribution in [0, 0.1) is 0 Å². The van der Waals surface area contributed by atoms with Gasteiger partial charge in [0.05, 0.1) is 13.5 Å². The Morgan fingerprint density at radius 1 is 0.560 bits per heavy atom. The molecule has 0 saturated carbocycles. The summed E-state index contributed by atoms with van der Waals surface area (Å²) in [4.78, 5) is 74.6. The number of carbonyl (C=O) groups is 6. The third kappa shape index (κ3) is 10.1. The molecule has 12 heteroatoms. The fourth-order valence-corrected chi connectivity index (χ4v) is 4.33. The Kier molecular flexibility index (Phi) is 12.1. The fraction of sp³-hybridized carbons (Fsp3) is 0.105. The predicted octanol–water partition coefficient (Wildman–Crippen LogP) is 5.94. The standard InChI is InChI=1S/C38H30O12/c1-23(39)47-32-10-6-4-8-29(32)37(44)49-34-19-15-26(21-36(34)50-38(45)30-9-5-7-11-33(30)48-24(2)40)13-17-28(42)22-27(41)16-12-25-14-18-31(43)35(20-25)46-3/h4-21,43H,22H2,1-3H3/b16-12+,17-13+. The monoisotopic (exact) mass is 678 g/mol. The van der Waals surface area contributed by atoms with E-state index in [1.807, 2.05) is 0 Å². The van der Waals surface area contributed by atoms with E-state index in [4.69, 9.17) is 23.7 Å². The number of benzene rings is 4. The molecule has 254 valence electrons. The van der Waals surface area contributed by atoms with Crippen molar-refractivity contribution >= 4 is 47.6 Å². The molecule has 0 aliphatic carbocycles. The molecular weight excluding hydrogens is 648 g/mol. The quantitative estimate of drug-likeness (QED) is 0.0765. The Morgan fingerprint density at radius 2 is 1.02 bits per heavy atom. The summed E-state index contributed by atoms with van der Waals surface area (Å²) in [7, 11) is 1.39.